The summed E-state index contributed by atoms with van der Waals surface area (Å²) in [6, 6.07) is 6.30. The van der Waals surface area contributed by atoms with Gasteiger partial charge >= 0.3 is 0 Å². The lowest BCUT2D eigenvalue weighted by molar-refractivity contribution is -0.133. The van der Waals surface area contributed by atoms with Gasteiger partial charge in [0.25, 0.3) is 11.1 Å². The minimum absolute atomic E-state index is 0.0270. The first-order chi connectivity index (χ1) is 13.6. The van der Waals surface area contributed by atoms with Crippen molar-refractivity contribution in [2.24, 2.45) is 5.10 Å². The summed E-state index contributed by atoms with van der Waals surface area (Å²) in [4.78, 5) is 38.6. The fraction of sp³-hybridized carbons (Fsp3) is 0.444. The lowest BCUT2D eigenvalue weighted by atomic mass is 10.1. The van der Waals surface area contributed by atoms with E-state index in [0.29, 0.717) is 12.1 Å². The van der Waals surface area contributed by atoms with Gasteiger partial charge in [-0.3, -0.25) is 14.4 Å². The van der Waals surface area contributed by atoms with Crippen LogP contribution in [0.4, 0.5) is 10.5 Å². The van der Waals surface area contributed by atoms with Gasteiger partial charge in [-0.1, -0.05) is 0 Å². The van der Waals surface area contributed by atoms with E-state index in [4.69, 9.17) is 0 Å². The van der Waals surface area contributed by atoms with Crippen LogP contribution in [-0.4, -0.2) is 72.7 Å². The second-order valence-electron chi connectivity index (χ2n) is 7.08. The van der Waals surface area contributed by atoms with Crippen LogP contribution in [0.1, 0.15) is 19.3 Å². The maximum absolute atomic E-state index is 12.5. The SMILES string of the molecule is CN(C)C(=O)Sc1ccc(NC(=O)C2=NN(C3CCS(=O)(=O)C3)C(=O)CC2)cc1. The third kappa shape index (κ3) is 5.36. The Morgan fingerprint density at radius 2 is 1.90 bits per heavy atom. The summed E-state index contributed by atoms with van der Waals surface area (Å²) >= 11 is 1.08. The lowest BCUT2D eigenvalue weighted by Gasteiger charge is -2.27. The second kappa shape index (κ2) is 8.54. The Labute approximate surface area is 173 Å². The average molecular weight is 439 g/mol. The van der Waals surface area contributed by atoms with E-state index in [1.165, 1.54) is 4.90 Å². The van der Waals surface area contributed by atoms with Gasteiger partial charge in [0.15, 0.2) is 9.84 Å². The van der Waals surface area contributed by atoms with Crippen molar-refractivity contribution in [2.75, 3.05) is 30.9 Å². The number of nitrogens with one attached hydrogen (secondary N) is 1. The molecule has 0 spiro atoms. The Morgan fingerprint density at radius 1 is 1.21 bits per heavy atom. The van der Waals surface area contributed by atoms with Crippen LogP contribution < -0.4 is 5.32 Å². The van der Waals surface area contributed by atoms with E-state index in [2.05, 4.69) is 10.4 Å². The molecule has 0 saturated carbocycles. The van der Waals surface area contributed by atoms with E-state index in [9.17, 15) is 22.8 Å². The van der Waals surface area contributed by atoms with Crippen molar-refractivity contribution in [2.45, 2.75) is 30.2 Å². The predicted octanol–water partition coefficient (Wildman–Crippen LogP) is 1.56. The van der Waals surface area contributed by atoms with E-state index in [1.54, 1.807) is 38.4 Å². The molecule has 29 heavy (non-hydrogen) atoms. The molecule has 2 aliphatic heterocycles. The van der Waals surface area contributed by atoms with Crippen LogP contribution >= 0.6 is 11.8 Å². The molecule has 2 aliphatic rings. The topological polar surface area (TPSA) is 116 Å². The number of nitrogens with zero attached hydrogens (tertiary/aromatic N) is 3. The van der Waals surface area contributed by atoms with Crippen molar-refractivity contribution in [3.05, 3.63) is 24.3 Å². The third-order valence-corrected chi connectivity index (χ3v) is 7.36. The van der Waals surface area contributed by atoms with Crippen LogP contribution in [0, 0.1) is 0 Å². The molecule has 1 N–H and O–H groups in total. The van der Waals surface area contributed by atoms with Crippen LogP contribution in [0.25, 0.3) is 0 Å². The quantitative estimate of drug-likeness (QED) is 0.713. The zero-order valence-corrected chi connectivity index (χ0v) is 17.8. The monoisotopic (exact) mass is 438 g/mol. The zero-order chi connectivity index (χ0) is 21.2. The highest BCUT2D eigenvalue weighted by molar-refractivity contribution is 8.13. The fourth-order valence-corrected chi connectivity index (χ4v) is 5.34. The van der Waals surface area contributed by atoms with Gasteiger partial charge in [-0.05, 0) is 42.4 Å². The number of rotatable bonds is 4. The summed E-state index contributed by atoms with van der Waals surface area (Å²) in [5, 5.41) is 7.94. The molecule has 156 valence electrons. The van der Waals surface area contributed by atoms with Gasteiger partial charge in [0.1, 0.15) is 5.71 Å². The summed E-state index contributed by atoms with van der Waals surface area (Å²) in [5.41, 5.74) is 0.724. The highest BCUT2D eigenvalue weighted by Crippen LogP contribution is 2.24. The third-order valence-electron chi connectivity index (χ3n) is 4.56. The van der Waals surface area contributed by atoms with Crippen LogP contribution in [0.5, 0.6) is 0 Å². The number of hydrogen-bond donors (Lipinski definition) is 1. The van der Waals surface area contributed by atoms with Crippen LogP contribution in [0.3, 0.4) is 0 Å². The largest absolute Gasteiger partial charge is 0.339 e. The van der Waals surface area contributed by atoms with E-state index in [1.807, 2.05) is 0 Å². The average Bonchev–Trinajstić information content (AvgIpc) is 3.03. The van der Waals surface area contributed by atoms with Crippen molar-refractivity contribution < 1.29 is 22.8 Å². The van der Waals surface area contributed by atoms with Gasteiger partial charge in [0.2, 0.25) is 5.91 Å². The van der Waals surface area contributed by atoms with Crippen molar-refractivity contribution >= 4 is 50.1 Å². The van der Waals surface area contributed by atoms with Gasteiger partial charge in [0, 0.05) is 37.5 Å². The molecule has 0 bridgehead atoms. The van der Waals surface area contributed by atoms with Crippen LogP contribution in [0.15, 0.2) is 34.3 Å². The molecule has 0 aliphatic carbocycles. The molecule has 3 rings (SSSR count). The van der Waals surface area contributed by atoms with E-state index in [0.717, 1.165) is 21.7 Å². The Balaban J connectivity index is 1.66. The smallest absolute Gasteiger partial charge is 0.285 e. The zero-order valence-electron chi connectivity index (χ0n) is 16.1. The molecule has 11 heteroatoms. The van der Waals surface area contributed by atoms with Gasteiger partial charge in [0.05, 0.1) is 17.5 Å². The van der Waals surface area contributed by atoms with Crippen molar-refractivity contribution in [1.29, 1.82) is 0 Å². The Hall–Kier alpha value is -2.40. The second-order valence-corrected chi connectivity index (χ2v) is 10.3. The summed E-state index contributed by atoms with van der Waals surface area (Å²) in [6.07, 6.45) is 0.647. The molecule has 2 heterocycles. The van der Waals surface area contributed by atoms with E-state index in [-0.39, 0.29) is 41.2 Å². The summed E-state index contributed by atoms with van der Waals surface area (Å²) in [5.74, 6) is -0.801. The van der Waals surface area contributed by atoms with Gasteiger partial charge in [-0.15, -0.1) is 0 Å². The predicted molar refractivity (Wildman–Crippen MR) is 111 cm³/mol. The molecule has 3 amide bonds. The number of hydrazone groups is 1. The summed E-state index contributed by atoms with van der Waals surface area (Å²) in [7, 11) is 0.176. The molecule has 1 aromatic rings. The number of hydrogen-bond acceptors (Lipinski definition) is 7. The van der Waals surface area contributed by atoms with Crippen LogP contribution in [-0.2, 0) is 19.4 Å². The summed E-state index contributed by atoms with van der Waals surface area (Å²) < 4.78 is 23.4. The first kappa shape index (κ1) is 21.3. The highest BCUT2D eigenvalue weighted by atomic mass is 32.2. The Bertz CT molecular complexity index is 957. The highest BCUT2D eigenvalue weighted by Gasteiger charge is 2.37. The minimum Gasteiger partial charge on any atom is -0.339 e. The van der Waals surface area contributed by atoms with Gasteiger partial charge in [-0.2, -0.15) is 5.10 Å². The number of anilines is 1. The standard InChI is InChI=1S/C18H22N4O5S2/c1-21(2)18(25)28-14-5-3-12(4-6-14)19-17(24)15-7-8-16(23)22(20-15)13-9-10-29(26,27)11-13/h3-6,13H,7-11H2,1-2H3,(H,19,24). The van der Waals surface area contributed by atoms with Crippen molar-refractivity contribution in [1.82, 2.24) is 9.91 Å². The first-order valence-corrected chi connectivity index (χ1v) is 11.7. The molecule has 1 fully saturated rings. The van der Waals surface area contributed by atoms with Crippen molar-refractivity contribution in [3.63, 3.8) is 0 Å². The normalized spacial score (nSPS) is 20.9. The van der Waals surface area contributed by atoms with Gasteiger partial charge in [-0.25, -0.2) is 13.4 Å². The summed E-state index contributed by atoms with van der Waals surface area (Å²) in [6.45, 7) is 0. The Morgan fingerprint density at radius 3 is 2.48 bits per heavy atom. The molecular weight excluding hydrogens is 416 g/mol. The maximum Gasteiger partial charge on any atom is 0.285 e. The van der Waals surface area contributed by atoms with Crippen molar-refractivity contribution in [3.8, 4) is 0 Å². The molecule has 9 nitrogen and oxygen atoms in total. The molecule has 1 aromatic carbocycles. The van der Waals surface area contributed by atoms with E-state index < -0.39 is 21.8 Å². The lowest BCUT2D eigenvalue weighted by Crippen LogP contribution is -2.42. The number of carbonyl (C=O) groups is 3. The number of thioether (sulfide) groups is 1. The number of benzene rings is 1. The first-order valence-electron chi connectivity index (χ1n) is 9.05. The maximum atomic E-state index is 12.5. The molecule has 0 aromatic heterocycles. The Kier molecular flexibility index (Phi) is 6.27. The molecule has 1 unspecified atom stereocenters. The fourth-order valence-electron chi connectivity index (χ4n) is 2.99. The number of carbonyl (C=O) groups excluding carboxylic acids is 3. The van der Waals surface area contributed by atoms with Gasteiger partial charge < -0.3 is 10.2 Å². The number of sulfone groups is 1. The molecular formula is C18H22N4O5S2. The van der Waals surface area contributed by atoms with E-state index >= 15 is 0 Å². The molecule has 1 saturated heterocycles. The number of amides is 3. The minimum atomic E-state index is -3.17. The molecule has 0 radical (unpaired) electrons. The van der Waals surface area contributed by atoms with Crippen LogP contribution in [0.2, 0.25) is 0 Å². The molecule has 1 atom stereocenters.